The predicted molar refractivity (Wildman–Crippen MR) is 67.4 cm³/mol. The lowest BCUT2D eigenvalue weighted by Gasteiger charge is -2.03. The third kappa shape index (κ3) is 3.39. The molecule has 0 atom stereocenters. The van der Waals surface area contributed by atoms with Crippen molar-refractivity contribution in [3.05, 3.63) is 47.8 Å². The number of nitrogens with zero attached hydrogens (tertiary/aromatic N) is 3. The van der Waals surface area contributed by atoms with Crippen molar-refractivity contribution in [1.82, 2.24) is 19.9 Å². The number of aromatic nitrogens is 3. The second kappa shape index (κ2) is 5.59. The van der Waals surface area contributed by atoms with Gasteiger partial charge in [0.2, 0.25) is 0 Å². The molecule has 0 bridgehead atoms. The van der Waals surface area contributed by atoms with Gasteiger partial charge >= 0.3 is 0 Å². The van der Waals surface area contributed by atoms with E-state index in [9.17, 15) is 0 Å². The summed E-state index contributed by atoms with van der Waals surface area (Å²) in [6, 6.07) is 4.08. The summed E-state index contributed by atoms with van der Waals surface area (Å²) in [5.41, 5.74) is 2.34. The fraction of sp³-hybridized carbons (Fsp3) is 0.385. The number of nitrogens with one attached hydrogen (secondary N) is 1. The van der Waals surface area contributed by atoms with Gasteiger partial charge in [-0.1, -0.05) is 0 Å². The van der Waals surface area contributed by atoms with Crippen LogP contribution in [0.4, 0.5) is 0 Å². The molecule has 0 saturated heterocycles. The number of rotatable bonds is 5. The third-order valence-corrected chi connectivity index (χ3v) is 2.65. The molecule has 0 unspecified atom stereocenters. The van der Waals surface area contributed by atoms with Crippen molar-refractivity contribution in [3.8, 4) is 0 Å². The topological polar surface area (TPSA) is 42.7 Å². The van der Waals surface area contributed by atoms with Crippen LogP contribution in [0.25, 0.3) is 0 Å². The van der Waals surface area contributed by atoms with Crippen molar-refractivity contribution in [2.45, 2.75) is 33.5 Å². The molecule has 0 aliphatic carbocycles. The van der Waals surface area contributed by atoms with Gasteiger partial charge in [-0.3, -0.25) is 0 Å². The highest BCUT2D eigenvalue weighted by Gasteiger charge is 1.97. The van der Waals surface area contributed by atoms with E-state index >= 15 is 0 Å². The lowest BCUT2D eigenvalue weighted by molar-refractivity contribution is 0.671. The van der Waals surface area contributed by atoms with E-state index in [1.165, 1.54) is 5.56 Å². The average molecular weight is 230 g/mol. The molecule has 0 aromatic carbocycles. The maximum atomic E-state index is 4.35. The van der Waals surface area contributed by atoms with Gasteiger partial charge in [-0.25, -0.2) is 9.97 Å². The lowest BCUT2D eigenvalue weighted by atomic mass is 10.3. The van der Waals surface area contributed by atoms with Gasteiger partial charge in [0.25, 0.3) is 0 Å². The van der Waals surface area contributed by atoms with Gasteiger partial charge in [-0.2, -0.15) is 0 Å². The molecule has 0 aliphatic rings. The van der Waals surface area contributed by atoms with Crippen LogP contribution in [0.5, 0.6) is 0 Å². The van der Waals surface area contributed by atoms with Crippen molar-refractivity contribution in [1.29, 1.82) is 0 Å². The van der Waals surface area contributed by atoms with Crippen LogP contribution in [-0.2, 0) is 19.6 Å². The SMILES string of the molecule is CCn1ccc(CNCc2ccnc(C)n2)c1. The van der Waals surface area contributed by atoms with Gasteiger partial charge < -0.3 is 9.88 Å². The van der Waals surface area contributed by atoms with E-state index in [2.05, 4.69) is 45.2 Å². The van der Waals surface area contributed by atoms with Gasteiger partial charge in [0.15, 0.2) is 0 Å². The van der Waals surface area contributed by atoms with Crippen molar-refractivity contribution in [2.75, 3.05) is 0 Å². The van der Waals surface area contributed by atoms with Crippen LogP contribution >= 0.6 is 0 Å². The zero-order chi connectivity index (χ0) is 12.1. The fourth-order valence-electron chi connectivity index (χ4n) is 1.73. The minimum absolute atomic E-state index is 0.778. The van der Waals surface area contributed by atoms with E-state index in [0.29, 0.717) is 0 Å². The summed E-state index contributed by atoms with van der Waals surface area (Å²) in [5, 5.41) is 3.38. The molecule has 2 heterocycles. The van der Waals surface area contributed by atoms with E-state index in [4.69, 9.17) is 0 Å². The van der Waals surface area contributed by atoms with Crippen molar-refractivity contribution >= 4 is 0 Å². The van der Waals surface area contributed by atoms with E-state index in [0.717, 1.165) is 31.2 Å². The van der Waals surface area contributed by atoms with Crippen LogP contribution in [0, 0.1) is 6.92 Å². The highest BCUT2D eigenvalue weighted by Crippen LogP contribution is 2.01. The van der Waals surface area contributed by atoms with Gasteiger partial charge in [0, 0.05) is 38.2 Å². The van der Waals surface area contributed by atoms with E-state index in [1.807, 2.05) is 13.0 Å². The maximum absolute atomic E-state index is 4.35. The van der Waals surface area contributed by atoms with E-state index in [1.54, 1.807) is 6.20 Å². The van der Waals surface area contributed by atoms with Crippen LogP contribution in [0.3, 0.4) is 0 Å². The van der Waals surface area contributed by atoms with Gasteiger partial charge in [0.05, 0.1) is 5.69 Å². The Balaban J connectivity index is 1.83. The summed E-state index contributed by atoms with van der Waals surface area (Å²) in [6.07, 6.45) is 6.07. The van der Waals surface area contributed by atoms with Gasteiger partial charge in [0.1, 0.15) is 5.82 Å². The highest BCUT2D eigenvalue weighted by atomic mass is 15.0. The average Bonchev–Trinajstić information content (AvgIpc) is 2.77. The molecule has 4 nitrogen and oxygen atoms in total. The first-order valence-electron chi connectivity index (χ1n) is 5.92. The molecule has 2 aromatic rings. The van der Waals surface area contributed by atoms with Crippen LogP contribution in [0.15, 0.2) is 30.7 Å². The number of hydrogen-bond donors (Lipinski definition) is 1. The van der Waals surface area contributed by atoms with E-state index < -0.39 is 0 Å². The van der Waals surface area contributed by atoms with Crippen molar-refractivity contribution in [2.24, 2.45) is 0 Å². The highest BCUT2D eigenvalue weighted by molar-refractivity contribution is 5.10. The maximum Gasteiger partial charge on any atom is 0.125 e. The summed E-state index contributed by atoms with van der Waals surface area (Å²) in [6.45, 7) is 6.72. The molecule has 90 valence electrons. The molecule has 0 saturated carbocycles. The molecule has 2 rings (SSSR count). The minimum Gasteiger partial charge on any atom is -0.354 e. The third-order valence-electron chi connectivity index (χ3n) is 2.65. The zero-order valence-corrected chi connectivity index (χ0v) is 10.3. The first-order chi connectivity index (χ1) is 8.28. The molecular formula is C13H18N4. The minimum atomic E-state index is 0.778. The molecule has 1 N–H and O–H groups in total. The van der Waals surface area contributed by atoms with Crippen LogP contribution < -0.4 is 5.32 Å². The van der Waals surface area contributed by atoms with Crippen molar-refractivity contribution < 1.29 is 0 Å². The molecule has 0 spiro atoms. The van der Waals surface area contributed by atoms with Gasteiger partial charge in [-0.05, 0) is 31.5 Å². The second-order valence-electron chi connectivity index (χ2n) is 4.05. The quantitative estimate of drug-likeness (QED) is 0.853. The fourth-order valence-corrected chi connectivity index (χ4v) is 1.73. The van der Waals surface area contributed by atoms with Gasteiger partial charge in [-0.15, -0.1) is 0 Å². The summed E-state index contributed by atoms with van der Waals surface area (Å²) >= 11 is 0. The second-order valence-corrected chi connectivity index (χ2v) is 4.05. The largest absolute Gasteiger partial charge is 0.354 e. The standard InChI is InChI=1S/C13H18N4/c1-3-17-7-5-12(10-17)8-14-9-13-4-6-15-11(2)16-13/h4-7,10,14H,3,8-9H2,1-2H3. The van der Waals surface area contributed by atoms with Crippen molar-refractivity contribution in [3.63, 3.8) is 0 Å². The summed E-state index contributed by atoms with van der Waals surface area (Å²) in [7, 11) is 0. The first-order valence-corrected chi connectivity index (χ1v) is 5.92. The van der Waals surface area contributed by atoms with Crippen LogP contribution in [0.1, 0.15) is 24.0 Å². The Bertz CT molecular complexity index is 476. The Morgan fingerprint density at radius 3 is 2.88 bits per heavy atom. The smallest absolute Gasteiger partial charge is 0.125 e. The predicted octanol–water partition coefficient (Wildman–Crippen LogP) is 1.90. The molecule has 0 aliphatic heterocycles. The normalized spacial score (nSPS) is 10.7. The monoisotopic (exact) mass is 230 g/mol. The zero-order valence-electron chi connectivity index (χ0n) is 10.3. The molecule has 0 fully saturated rings. The Kier molecular flexibility index (Phi) is 3.88. The number of aryl methyl sites for hydroxylation is 2. The van der Waals surface area contributed by atoms with Crippen LogP contribution in [-0.4, -0.2) is 14.5 Å². The summed E-state index contributed by atoms with van der Waals surface area (Å²) in [4.78, 5) is 8.43. The molecule has 17 heavy (non-hydrogen) atoms. The molecule has 4 heteroatoms. The Morgan fingerprint density at radius 1 is 1.29 bits per heavy atom. The Labute approximate surface area is 102 Å². The Hall–Kier alpha value is -1.68. The first kappa shape index (κ1) is 11.8. The summed E-state index contributed by atoms with van der Waals surface area (Å²) in [5.74, 6) is 0.821. The lowest BCUT2D eigenvalue weighted by Crippen LogP contribution is -2.13. The van der Waals surface area contributed by atoms with E-state index in [-0.39, 0.29) is 0 Å². The molecule has 0 amide bonds. The number of hydrogen-bond acceptors (Lipinski definition) is 3. The Morgan fingerprint density at radius 2 is 2.18 bits per heavy atom. The summed E-state index contributed by atoms with van der Waals surface area (Å²) < 4.78 is 2.17. The molecule has 2 aromatic heterocycles. The molecule has 0 radical (unpaired) electrons. The van der Waals surface area contributed by atoms with Crippen LogP contribution in [0.2, 0.25) is 0 Å². The molecular weight excluding hydrogens is 212 g/mol.